The Kier molecular flexibility index (Phi) is 4.35. The van der Waals surface area contributed by atoms with Crippen LogP contribution in [0.15, 0.2) is 0 Å². The van der Waals surface area contributed by atoms with Gasteiger partial charge in [-0.1, -0.05) is 6.92 Å². The van der Waals surface area contributed by atoms with Gasteiger partial charge in [-0.15, -0.1) is 0 Å². The summed E-state index contributed by atoms with van der Waals surface area (Å²) >= 11 is 0. The van der Waals surface area contributed by atoms with Crippen LogP contribution in [0.1, 0.15) is 27.2 Å². The van der Waals surface area contributed by atoms with E-state index in [4.69, 9.17) is 0 Å². The molecule has 0 unspecified atom stereocenters. The van der Waals surface area contributed by atoms with Crippen molar-refractivity contribution in [2.75, 3.05) is 39.3 Å². The molecule has 1 aliphatic rings. The molecule has 1 saturated heterocycles. The third-order valence-electron chi connectivity index (χ3n) is 2.62. The molecule has 1 heterocycles. The Morgan fingerprint density at radius 1 is 1.07 bits per heavy atom. The second-order valence-electron chi connectivity index (χ2n) is 4.93. The van der Waals surface area contributed by atoms with E-state index in [1.165, 1.54) is 13.0 Å². The second-order valence-corrected chi connectivity index (χ2v) is 4.93. The highest BCUT2D eigenvalue weighted by Gasteiger charge is 2.21. The van der Waals surface area contributed by atoms with Crippen LogP contribution >= 0.6 is 0 Å². The molecule has 0 aromatic heterocycles. The fraction of sp³-hybridized carbons (Fsp3) is 1.00. The fourth-order valence-electron chi connectivity index (χ4n) is 2.03. The molecule has 0 aromatic carbocycles. The van der Waals surface area contributed by atoms with Gasteiger partial charge in [0.15, 0.2) is 0 Å². The van der Waals surface area contributed by atoms with Crippen molar-refractivity contribution in [1.82, 2.24) is 9.80 Å². The van der Waals surface area contributed by atoms with Crippen LogP contribution in [0, 0.1) is 0 Å². The van der Waals surface area contributed by atoms with Gasteiger partial charge < -0.3 is 10.0 Å². The smallest absolute Gasteiger partial charge is 0.0718 e. The summed E-state index contributed by atoms with van der Waals surface area (Å²) in [5.74, 6) is 0. The molecule has 1 N–H and O–H groups in total. The van der Waals surface area contributed by atoms with Gasteiger partial charge >= 0.3 is 0 Å². The molecule has 3 heteroatoms. The van der Waals surface area contributed by atoms with Gasteiger partial charge in [0.2, 0.25) is 0 Å². The Hall–Kier alpha value is -0.120. The first-order chi connectivity index (χ1) is 6.51. The lowest BCUT2D eigenvalue weighted by molar-refractivity contribution is 0.0178. The molecule has 3 nitrogen and oxygen atoms in total. The minimum Gasteiger partial charge on any atom is -0.389 e. The van der Waals surface area contributed by atoms with Crippen molar-refractivity contribution in [2.45, 2.75) is 32.8 Å². The first-order valence-corrected chi connectivity index (χ1v) is 5.68. The maximum Gasteiger partial charge on any atom is 0.0718 e. The number of hydrogen-bond donors (Lipinski definition) is 1. The average Bonchev–Trinajstić information content (AvgIpc) is 2.06. The lowest BCUT2D eigenvalue weighted by Gasteiger charge is -2.37. The average molecular weight is 200 g/mol. The summed E-state index contributed by atoms with van der Waals surface area (Å²) < 4.78 is 0. The summed E-state index contributed by atoms with van der Waals surface area (Å²) in [5, 5.41) is 9.68. The topological polar surface area (TPSA) is 26.7 Å². The molecule has 0 spiro atoms. The van der Waals surface area contributed by atoms with Gasteiger partial charge in [-0.3, -0.25) is 4.90 Å². The first kappa shape index (κ1) is 12.0. The van der Waals surface area contributed by atoms with Crippen LogP contribution in [0.4, 0.5) is 0 Å². The third kappa shape index (κ3) is 4.40. The number of hydrogen-bond acceptors (Lipinski definition) is 3. The van der Waals surface area contributed by atoms with Crippen molar-refractivity contribution in [1.29, 1.82) is 0 Å². The van der Waals surface area contributed by atoms with Crippen LogP contribution in [0.25, 0.3) is 0 Å². The van der Waals surface area contributed by atoms with E-state index in [0.717, 1.165) is 32.7 Å². The molecule has 0 radical (unpaired) electrons. The van der Waals surface area contributed by atoms with Crippen molar-refractivity contribution in [3.05, 3.63) is 0 Å². The quantitative estimate of drug-likeness (QED) is 0.726. The summed E-state index contributed by atoms with van der Waals surface area (Å²) in [7, 11) is 0. The molecule has 0 aliphatic carbocycles. The van der Waals surface area contributed by atoms with Crippen molar-refractivity contribution in [2.24, 2.45) is 0 Å². The Labute approximate surface area is 87.7 Å². The summed E-state index contributed by atoms with van der Waals surface area (Å²) in [6, 6.07) is 0. The van der Waals surface area contributed by atoms with E-state index in [-0.39, 0.29) is 0 Å². The summed E-state index contributed by atoms with van der Waals surface area (Å²) in [4.78, 5) is 4.85. The van der Waals surface area contributed by atoms with Crippen LogP contribution in [0.5, 0.6) is 0 Å². The second kappa shape index (κ2) is 5.10. The molecule has 0 amide bonds. The van der Waals surface area contributed by atoms with Crippen LogP contribution in [-0.2, 0) is 0 Å². The SMILES string of the molecule is CCCN1CCN(CC(C)(C)O)CC1. The number of β-amino-alcohol motifs (C(OH)–C–C–N with tert-alkyl or cyclic N) is 1. The zero-order chi connectivity index (χ0) is 10.6. The molecule has 1 rings (SSSR count). The van der Waals surface area contributed by atoms with E-state index in [2.05, 4.69) is 16.7 Å². The van der Waals surface area contributed by atoms with E-state index in [1.54, 1.807) is 0 Å². The summed E-state index contributed by atoms with van der Waals surface area (Å²) in [6.07, 6.45) is 1.24. The van der Waals surface area contributed by atoms with Crippen molar-refractivity contribution in [3.63, 3.8) is 0 Å². The van der Waals surface area contributed by atoms with Gasteiger partial charge in [-0.25, -0.2) is 0 Å². The Bertz CT molecular complexity index is 157. The number of aliphatic hydroxyl groups is 1. The predicted molar refractivity (Wildman–Crippen MR) is 59.5 cm³/mol. The summed E-state index contributed by atoms with van der Waals surface area (Å²) in [5.41, 5.74) is -0.549. The minimum atomic E-state index is -0.549. The van der Waals surface area contributed by atoms with Crippen LogP contribution in [-0.4, -0.2) is 59.8 Å². The van der Waals surface area contributed by atoms with Gasteiger partial charge in [0, 0.05) is 32.7 Å². The van der Waals surface area contributed by atoms with E-state index >= 15 is 0 Å². The Morgan fingerprint density at radius 2 is 1.57 bits per heavy atom. The molecule has 0 atom stereocenters. The van der Waals surface area contributed by atoms with E-state index < -0.39 is 5.60 Å². The number of rotatable bonds is 4. The molecule has 1 fully saturated rings. The van der Waals surface area contributed by atoms with Crippen LogP contribution < -0.4 is 0 Å². The molecule has 0 aromatic rings. The number of piperazine rings is 1. The molecule has 0 bridgehead atoms. The number of nitrogens with zero attached hydrogens (tertiary/aromatic N) is 2. The maximum absolute atomic E-state index is 9.68. The lowest BCUT2D eigenvalue weighted by Crippen LogP contribution is -2.50. The van der Waals surface area contributed by atoms with Crippen molar-refractivity contribution >= 4 is 0 Å². The molecular formula is C11H24N2O. The zero-order valence-corrected chi connectivity index (χ0v) is 9.79. The monoisotopic (exact) mass is 200 g/mol. The molecule has 84 valence electrons. The fourth-order valence-corrected chi connectivity index (χ4v) is 2.03. The standard InChI is InChI=1S/C11H24N2O/c1-4-5-12-6-8-13(9-7-12)10-11(2,3)14/h14H,4-10H2,1-3H3. The molecule has 0 saturated carbocycles. The lowest BCUT2D eigenvalue weighted by atomic mass is 10.1. The highest BCUT2D eigenvalue weighted by atomic mass is 16.3. The summed E-state index contributed by atoms with van der Waals surface area (Å²) in [6.45, 7) is 12.5. The van der Waals surface area contributed by atoms with Crippen molar-refractivity contribution < 1.29 is 5.11 Å². The van der Waals surface area contributed by atoms with Gasteiger partial charge in [0.1, 0.15) is 0 Å². The van der Waals surface area contributed by atoms with E-state index in [0.29, 0.717) is 0 Å². The Morgan fingerprint density at radius 3 is 2.00 bits per heavy atom. The Balaban J connectivity index is 2.22. The highest BCUT2D eigenvalue weighted by molar-refractivity contribution is 4.77. The van der Waals surface area contributed by atoms with Gasteiger partial charge in [0.25, 0.3) is 0 Å². The molecule has 1 aliphatic heterocycles. The van der Waals surface area contributed by atoms with E-state index in [9.17, 15) is 5.11 Å². The minimum absolute atomic E-state index is 0.549. The van der Waals surface area contributed by atoms with Gasteiger partial charge in [0.05, 0.1) is 5.60 Å². The maximum atomic E-state index is 9.68. The van der Waals surface area contributed by atoms with Gasteiger partial charge in [-0.2, -0.15) is 0 Å². The molecule has 14 heavy (non-hydrogen) atoms. The van der Waals surface area contributed by atoms with Gasteiger partial charge in [-0.05, 0) is 26.8 Å². The normalized spacial score (nSPS) is 21.4. The predicted octanol–water partition coefficient (Wildman–Crippen LogP) is 0.785. The van der Waals surface area contributed by atoms with Crippen molar-refractivity contribution in [3.8, 4) is 0 Å². The molecular weight excluding hydrogens is 176 g/mol. The van der Waals surface area contributed by atoms with Crippen LogP contribution in [0.2, 0.25) is 0 Å². The largest absolute Gasteiger partial charge is 0.389 e. The zero-order valence-electron chi connectivity index (χ0n) is 9.79. The first-order valence-electron chi connectivity index (χ1n) is 5.68. The third-order valence-corrected chi connectivity index (χ3v) is 2.62. The highest BCUT2D eigenvalue weighted by Crippen LogP contribution is 2.08. The van der Waals surface area contributed by atoms with Crippen LogP contribution in [0.3, 0.4) is 0 Å². The van der Waals surface area contributed by atoms with E-state index in [1.807, 2.05) is 13.8 Å².